The molecule has 0 aliphatic rings. The van der Waals surface area contributed by atoms with Crippen LogP contribution in [0, 0.1) is 5.92 Å². The van der Waals surface area contributed by atoms with Crippen molar-refractivity contribution in [1.29, 1.82) is 0 Å². The maximum Gasteiger partial charge on any atom is 0.107 e. The molecule has 0 aliphatic heterocycles. The molecule has 0 amide bonds. The molecule has 4 heteroatoms. The highest BCUT2D eigenvalue weighted by Crippen LogP contribution is 2.39. The quantitative estimate of drug-likeness (QED) is 0.678. The summed E-state index contributed by atoms with van der Waals surface area (Å²) in [6, 6.07) is 2.59. The fourth-order valence-corrected chi connectivity index (χ4v) is 4.14. The van der Waals surface area contributed by atoms with E-state index in [1.165, 1.54) is 30.6 Å². The minimum Gasteiger partial charge on any atom is -0.312 e. The third kappa shape index (κ3) is 4.23. The molecule has 98 valence electrons. The smallest absolute Gasteiger partial charge is 0.107 e. The third-order valence-electron chi connectivity index (χ3n) is 3.21. The predicted molar refractivity (Wildman–Crippen MR) is 82.1 cm³/mol. The Bertz CT molecular complexity index is 321. The summed E-state index contributed by atoms with van der Waals surface area (Å²) in [5, 5.41) is 3.45. The molecule has 0 bridgehead atoms. The van der Waals surface area contributed by atoms with E-state index in [9.17, 15) is 0 Å². The number of rotatable bonds is 7. The summed E-state index contributed by atoms with van der Waals surface area (Å²) in [5.74, 6) is 0.696. The molecule has 0 aromatic carbocycles. The molecule has 0 saturated heterocycles. The molecule has 0 fully saturated rings. The van der Waals surface area contributed by atoms with E-state index in [0.717, 1.165) is 8.81 Å². The number of nitrogens with one attached hydrogen (secondary N) is 1. The van der Waals surface area contributed by atoms with Crippen molar-refractivity contribution >= 4 is 38.9 Å². The van der Waals surface area contributed by atoms with Gasteiger partial charge >= 0.3 is 0 Å². The molecule has 0 radical (unpaired) electrons. The zero-order valence-electron chi connectivity index (χ0n) is 10.7. The molecule has 1 N–H and O–H groups in total. The van der Waals surface area contributed by atoms with Crippen LogP contribution in [0.15, 0.2) is 10.5 Å². The Morgan fingerprint density at radius 1 is 1.47 bits per heavy atom. The Kier molecular flexibility index (Phi) is 7.08. The van der Waals surface area contributed by atoms with Crippen LogP contribution in [0.4, 0.5) is 0 Å². The van der Waals surface area contributed by atoms with Gasteiger partial charge in [-0.25, -0.2) is 0 Å². The van der Waals surface area contributed by atoms with Crippen molar-refractivity contribution < 1.29 is 0 Å². The maximum atomic E-state index is 6.13. The summed E-state index contributed by atoms with van der Waals surface area (Å²) in [6.45, 7) is 4.52. The van der Waals surface area contributed by atoms with Gasteiger partial charge in [0.05, 0.1) is 0 Å². The molecule has 0 aliphatic carbocycles. The largest absolute Gasteiger partial charge is 0.312 e. The topological polar surface area (TPSA) is 12.0 Å². The van der Waals surface area contributed by atoms with Crippen molar-refractivity contribution in [3.8, 4) is 0 Å². The van der Waals surface area contributed by atoms with Crippen LogP contribution in [-0.4, -0.2) is 7.05 Å². The third-order valence-corrected chi connectivity index (χ3v) is 5.76. The molecular formula is C13H21BrClNS. The molecular weight excluding hydrogens is 318 g/mol. The summed E-state index contributed by atoms with van der Waals surface area (Å²) in [4.78, 5) is 1.34. The lowest BCUT2D eigenvalue weighted by Crippen LogP contribution is -2.24. The average Bonchev–Trinajstić information content (AvgIpc) is 2.64. The maximum absolute atomic E-state index is 6.13. The van der Waals surface area contributed by atoms with Crippen molar-refractivity contribution in [2.24, 2.45) is 5.92 Å². The van der Waals surface area contributed by atoms with Crippen molar-refractivity contribution in [1.82, 2.24) is 5.32 Å². The Labute approximate surface area is 122 Å². The average molecular weight is 339 g/mol. The van der Waals surface area contributed by atoms with Gasteiger partial charge in [-0.1, -0.05) is 44.7 Å². The summed E-state index contributed by atoms with van der Waals surface area (Å²) in [5.41, 5.74) is 0. The van der Waals surface area contributed by atoms with Crippen molar-refractivity contribution in [2.45, 2.75) is 45.6 Å². The number of hydrogen-bond donors (Lipinski definition) is 1. The standard InChI is InChI=1S/C13H21BrClNS/c1-4-6-7-9(5-2)12(16-3)11-8-10(14)13(15)17-11/h8-9,12,16H,4-7H2,1-3H3. The lowest BCUT2D eigenvalue weighted by Gasteiger charge is -2.25. The predicted octanol–water partition coefficient (Wildman–Crippen LogP) is 5.64. The SMILES string of the molecule is CCCCC(CC)C(NC)c1cc(Br)c(Cl)s1. The van der Waals surface area contributed by atoms with Gasteiger partial charge in [0, 0.05) is 15.4 Å². The highest BCUT2D eigenvalue weighted by Gasteiger charge is 2.22. The molecule has 2 atom stereocenters. The van der Waals surface area contributed by atoms with E-state index >= 15 is 0 Å². The van der Waals surface area contributed by atoms with Gasteiger partial charge in [0.1, 0.15) is 4.34 Å². The summed E-state index contributed by atoms with van der Waals surface area (Å²) >= 11 is 11.3. The molecule has 1 aromatic heterocycles. The highest BCUT2D eigenvalue weighted by molar-refractivity contribution is 9.10. The second-order valence-corrected chi connectivity index (χ2v) is 6.89. The first-order chi connectivity index (χ1) is 8.13. The van der Waals surface area contributed by atoms with E-state index in [1.807, 2.05) is 7.05 Å². The number of thiophene rings is 1. The van der Waals surface area contributed by atoms with Gasteiger partial charge < -0.3 is 5.32 Å². The monoisotopic (exact) mass is 337 g/mol. The van der Waals surface area contributed by atoms with Crippen LogP contribution in [0.5, 0.6) is 0 Å². The van der Waals surface area contributed by atoms with Gasteiger partial charge in [-0.15, -0.1) is 11.3 Å². The first kappa shape index (κ1) is 15.5. The van der Waals surface area contributed by atoms with Crippen LogP contribution in [0.3, 0.4) is 0 Å². The first-order valence-corrected chi connectivity index (χ1v) is 8.24. The first-order valence-electron chi connectivity index (χ1n) is 6.25. The summed E-state index contributed by atoms with van der Waals surface area (Å²) < 4.78 is 1.87. The van der Waals surface area contributed by atoms with Gasteiger partial charge in [-0.3, -0.25) is 0 Å². The van der Waals surface area contributed by atoms with E-state index in [4.69, 9.17) is 11.6 Å². The van der Waals surface area contributed by atoms with E-state index in [2.05, 4.69) is 41.2 Å². The normalized spacial score (nSPS) is 14.9. The summed E-state index contributed by atoms with van der Waals surface area (Å²) in [7, 11) is 2.04. The minimum atomic E-state index is 0.431. The molecule has 1 heterocycles. The minimum absolute atomic E-state index is 0.431. The molecule has 1 aromatic rings. The second-order valence-electron chi connectivity index (χ2n) is 4.35. The fourth-order valence-electron chi connectivity index (χ4n) is 2.20. The van der Waals surface area contributed by atoms with Crippen LogP contribution >= 0.6 is 38.9 Å². The number of hydrogen-bond acceptors (Lipinski definition) is 2. The van der Waals surface area contributed by atoms with Crippen LogP contribution < -0.4 is 5.32 Å². The van der Waals surface area contributed by atoms with E-state index in [0.29, 0.717) is 12.0 Å². The Hall–Kier alpha value is 0.430. The van der Waals surface area contributed by atoms with Crippen LogP contribution in [0.1, 0.15) is 50.4 Å². The van der Waals surface area contributed by atoms with Crippen LogP contribution in [-0.2, 0) is 0 Å². The number of unbranched alkanes of at least 4 members (excludes halogenated alkanes) is 1. The zero-order chi connectivity index (χ0) is 12.8. The Morgan fingerprint density at radius 3 is 2.59 bits per heavy atom. The van der Waals surface area contributed by atoms with E-state index < -0.39 is 0 Å². The van der Waals surface area contributed by atoms with Gasteiger partial charge in [-0.05, 0) is 41.4 Å². The van der Waals surface area contributed by atoms with Gasteiger partial charge in [0.15, 0.2) is 0 Å². The Balaban J connectivity index is 2.80. The molecule has 17 heavy (non-hydrogen) atoms. The van der Waals surface area contributed by atoms with Gasteiger partial charge in [0.2, 0.25) is 0 Å². The lowest BCUT2D eigenvalue weighted by molar-refractivity contribution is 0.343. The second kappa shape index (κ2) is 7.78. The van der Waals surface area contributed by atoms with E-state index in [1.54, 1.807) is 11.3 Å². The highest BCUT2D eigenvalue weighted by atomic mass is 79.9. The van der Waals surface area contributed by atoms with Crippen molar-refractivity contribution in [3.63, 3.8) is 0 Å². The molecule has 0 spiro atoms. The van der Waals surface area contributed by atoms with Crippen molar-refractivity contribution in [3.05, 3.63) is 19.8 Å². The summed E-state index contributed by atoms with van der Waals surface area (Å²) in [6.07, 6.45) is 5.06. The molecule has 2 unspecified atom stereocenters. The van der Waals surface area contributed by atoms with Crippen molar-refractivity contribution in [2.75, 3.05) is 7.05 Å². The van der Waals surface area contributed by atoms with Crippen LogP contribution in [0.2, 0.25) is 4.34 Å². The molecule has 0 saturated carbocycles. The van der Waals surface area contributed by atoms with Gasteiger partial charge in [0.25, 0.3) is 0 Å². The Morgan fingerprint density at radius 2 is 2.18 bits per heavy atom. The lowest BCUT2D eigenvalue weighted by atomic mass is 9.90. The van der Waals surface area contributed by atoms with Crippen LogP contribution in [0.25, 0.3) is 0 Å². The zero-order valence-corrected chi connectivity index (χ0v) is 13.9. The van der Waals surface area contributed by atoms with Gasteiger partial charge in [-0.2, -0.15) is 0 Å². The van der Waals surface area contributed by atoms with E-state index in [-0.39, 0.29) is 0 Å². The molecule has 1 rings (SSSR count). The number of halogens is 2. The fraction of sp³-hybridized carbons (Fsp3) is 0.692. The molecule has 1 nitrogen and oxygen atoms in total.